The van der Waals surface area contributed by atoms with Gasteiger partial charge in [0.1, 0.15) is 0 Å². The Kier molecular flexibility index (Phi) is 5.13. The summed E-state index contributed by atoms with van der Waals surface area (Å²) in [6.07, 6.45) is 0. The summed E-state index contributed by atoms with van der Waals surface area (Å²) in [6, 6.07) is 7.27. The number of ether oxygens (including phenoxy) is 1. The number of esters is 1. The third kappa shape index (κ3) is 3.97. The van der Waals surface area contributed by atoms with Crippen molar-refractivity contribution in [2.75, 3.05) is 13.7 Å². The topological polar surface area (TPSA) is 55.4 Å². The summed E-state index contributed by atoms with van der Waals surface area (Å²) >= 11 is 2.15. The molecular weight excluding hydrogens is 345 g/mol. The van der Waals surface area contributed by atoms with Crippen molar-refractivity contribution in [2.45, 2.75) is 13.8 Å². The molecule has 1 rings (SSSR count). The van der Waals surface area contributed by atoms with Gasteiger partial charge in [-0.15, -0.1) is 0 Å². The van der Waals surface area contributed by atoms with Crippen LogP contribution in [0, 0.1) is 8.99 Å². The second kappa shape index (κ2) is 6.17. The highest BCUT2D eigenvalue weighted by atomic mass is 127. The van der Waals surface area contributed by atoms with E-state index in [1.54, 1.807) is 26.0 Å². The third-order valence-corrected chi connectivity index (χ3v) is 3.19. The SMILES string of the molecule is COC(=O)C(C)(C)CNC(=O)c1cccc(I)c1. The van der Waals surface area contributed by atoms with Gasteiger partial charge in [-0.05, 0) is 54.6 Å². The zero-order chi connectivity index (χ0) is 13.8. The number of benzene rings is 1. The Balaban J connectivity index is 2.64. The number of methoxy groups -OCH3 is 1. The summed E-state index contributed by atoms with van der Waals surface area (Å²) in [5.74, 6) is -0.532. The van der Waals surface area contributed by atoms with E-state index in [0.29, 0.717) is 5.56 Å². The third-order valence-electron chi connectivity index (χ3n) is 2.52. The number of amides is 1. The molecule has 1 aromatic rings. The van der Waals surface area contributed by atoms with Gasteiger partial charge in [0.25, 0.3) is 5.91 Å². The molecule has 0 aliphatic heterocycles. The van der Waals surface area contributed by atoms with E-state index in [0.717, 1.165) is 3.57 Å². The van der Waals surface area contributed by atoms with E-state index in [1.165, 1.54) is 7.11 Å². The molecule has 0 saturated carbocycles. The number of nitrogens with one attached hydrogen (secondary N) is 1. The molecule has 0 heterocycles. The van der Waals surface area contributed by atoms with Crippen LogP contribution in [0.1, 0.15) is 24.2 Å². The summed E-state index contributed by atoms with van der Waals surface area (Å²) in [7, 11) is 1.34. The second-order valence-electron chi connectivity index (χ2n) is 4.57. The van der Waals surface area contributed by atoms with Crippen molar-refractivity contribution in [2.24, 2.45) is 5.41 Å². The Morgan fingerprint density at radius 3 is 2.61 bits per heavy atom. The van der Waals surface area contributed by atoms with Crippen molar-refractivity contribution in [1.29, 1.82) is 0 Å². The number of carbonyl (C=O) groups is 2. The van der Waals surface area contributed by atoms with Crippen LogP contribution < -0.4 is 5.32 Å². The van der Waals surface area contributed by atoms with E-state index in [2.05, 4.69) is 32.6 Å². The molecule has 0 fully saturated rings. The van der Waals surface area contributed by atoms with E-state index in [9.17, 15) is 9.59 Å². The summed E-state index contributed by atoms with van der Waals surface area (Å²) in [6.45, 7) is 3.70. The van der Waals surface area contributed by atoms with E-state index in [-0.39, 0.29) is 18.4 Å². The minimum atomic E-state index is -0.730. The van der Waals surface area contributed by atoms with Gasteiger partial charge < -0.3 is 10.1 Å². The lowest BCUT2D eigenvalue weighted by Crippen LogP contribution is -2.39. The van der Waals surface area contributed by atoms with Crippen molar-refractivity contribution in [3.05, 3.63) is 33.4 Å². The number of carbonyl (C=O) groups excluding carboxylic acids is 2. The van der Waals surface area contributed by atoms with Crippen LogP contribution in [0.3, 0.4) is 0 Å². The number of hydrogen-bond acceptors (Lipinski definition) is 3. The molecule has 0 aromatic heterocycles. The van der Waals surface area contributed by atoms with Crippen molar-refractivity contribution in [3.8, 4) is 0 Å². The van der Waals surface area contributed by atoms with Crippen molar-refractivity contribution in [3.63, 3.8) is 0 Å². The van der Waals surface area contributed by atoms with Gasteiger partial charge in [-0.1, -0.05) is 6.07 Å². The molecule has 0 radical (unpaired) electrons. The van der Waals surface area contributed by atoms with Crippen molar-refractivity contribution >= 4 is 34.5 Å². The number of rotatable bonds is 4. The monoisotopic (exact) mass is 361 g/mol. The van der Waals surface area contributed by atoms with E-state index >= 15 is 0 Å². The van der Waals surface area contributed by atoms with E-state index in [1.807, 2.05) is 12.1 Å². The highest BCUT2D eigenvalue weighted by Crippen LogP contribution is 2.16. The normalized spacial score (nSPS) is 10.9. The molecule has 0 aliphatic rings. The van der Waals surface area contributed by atoms with Crippen LogP contribution in [-0.2, 0) is 9.53 Å². The first-order chi connectivity index (χ1) is 8.36. The lowest BCUT2D eigenvalue weighted by Gasteiger charge is -2.21. The highest BCUT2D eigenvalue weighted by Gasteiger charge is 2.29. The van der Waals surface area contributed by atoms with Crippen LogP contribution >= 0.6 is 22.6 Å². The molecule has 0 bridgehead atoms. The Morgan fingerprint density at radius 2 is 2.06 bits per heavy atom. The Labute approximate surface area is 120 Å². The van der Waals surface area contributed by atoms with Gasteiger partial charge in [0.15, 0.2) is 0 Å². The Morgan fingerprint density at radius 1 is 1.39 bits per heavy atom. The standard InChI is InChI=1S/C13H16INO3/c1-13(2,12(17)18-3)8-15-11(16)9-5-4-6-10(14)7-9/h4-7H,8H2,1-3H3,(H,15,16). The fourth-order valence-electron chi connectivity index (χ4n) is 1.38. The highest BCUT2D eigenvalue weighted by molar-refractivity contribution is 14.1. The maximum absolute atomic E-state index is 11.9. The molecular formula is C13H16INO3. The van der Waals surface area contributed by atoms with Crippen LogP contribution in [0.15, 0.2) is 24.3 Å². The molecule has 0 unspecified atom stereocenters. The van der Waals surface area contributed by atoms with E-state index < -0.39 is 5.41 Å². The predicted octanol–water partition coefficient (Wildman–Crippen LogP) is 2.22. The molecule has 0 spiro atoms. The second-order valence-corrected chi connectivity index (χ2v) is 5.81. The van der Waals surface area contributed by atoms with E-state index in [4.69, 9.17) is 0 Å². The average Bonchev–Trinajstić information content (AvgIpc) is 2.35. The molecule has 0 aliphatic carbocycles. The minimum absolute atomic E-state index is 0.189. The maximum atomic E-state index is 11.9. The zero-order valence-electron chi connectivity index (χ0n) is 10.6. The molecule has 1 aromatic carbocycles. The van der Waals surface area contributed by atoms with Gasteiger partial charge in [-0.3, -0.25) is 9.59 Å². The van der Waals surface area contributed by atoms with Gasteiger partial charge in [-0.25, -0.2) is 0 Å². The average molecular weight is 361 g/mol. The first kappa shape index (κ1) is 14.9. The van der Waals surface area contributed by atoms with Crippen LogP contribution in [-0.4, -0.2) is 25.5 Å². The summed E-state index contributed by atoms with van der Waals surface area (Å²) < 4.78 is 5.67. The van der Waals surface area contributed by atoms with Gasteiger partial charge in [-0.2, -0.15) is 0 Å². The molecule has 0 saturated heterocycles. The van der Waals surface area contributed by atoms with Gasteiger partial charge in [0, 0.05) is 15.7 Å². The Bertz CT molecular complexity index is 457. The van der Waals surface area contributed by atoms with Crippen molar-refractivity contribution in [1.82, 2.24) is 5.32 Å². The quantitative estimate of drug-likeness (QED) is 0.661. The summed E-state index contributed by atoms with van der Waals surface area (Å²) in [5, 5.41) is 2.74. The fourth-order valence-corrected chi connectivity index (χ4v) is 1.92. The largest absolute Gasteiger partial charge is 0.469 e. The molecule has 0 atom stereocenters. The van der Waals surface area contributed by atoms with Gasteiger partial charge in [0.05, 0.1) is 12.5 Å². The van der Waals surface area contributed by atoms with Crippen molar-refractivity contribution < 1.29 is 14.3 Å². The summed E-state index contributed by atoms with van der Waals surface area (Å²) in [4.78, 5) is 23.3. The molecule has 18 heavy (non-hydrogen) atoms. The lowest BCUT2D eigenvalue weighted by molar-refractivity contribution is -0.150. The predicted molar refractivity (Wildman–Crippen MR) is 77.3 cm³/mol. The molecule has 98 valence electrons. The van der Waals surface area contributed by atoms with Crippen LogP contribution in [0.2, 0.25) is 0 Å². The number of hydrogen-bond donors (Lipinski definition) is 1. The van der Waals surface area contributed by atoms with Gasteiger partial charge in [0.2, 0.25) is 0 Å². The van der Waals surface area contributed by atoms with Crippen LogP contribution in [0.4, 0.5) is 0 Å². The van der Waals surface area contributed by atoms with Crippen LogP contribution in [0.25, 0.3) is 0 Å². The first-order valence-corrected chi connectivity index (χ1v) is 6.57. The van der Waals surface area contributed by atoms with Gasteiger partial charge >= 0.3 is 5.97 Å². The zero-order valence-corrected chi connectivity index (χ0v) is 12.8. The molecule has 4 nitrogen and oxygen atoms in total. The lowest BCUT2D eigenvalue weighted by atomic mass is 9.93. The molecule has 1 amide bonds. The minimum Gasteiger partial charge on any atom is -0.469 e. The molecule has 5 heteroatoms. The van der Waals surface area contributed by atoms with Crippen LogP contribution in [0.5, 0.6) is 0 Å². The fraction of sp³-hybridized carbons (Fsp3) is 0.385. The maximum Gasteiger partial charge on any atom is 0.313 e. The first-order valence-electron chi connectivity index (χ1n) is 5.49. The molecule has 1 N–H and O–H groups in total. The number of halogens is 1. The smallest absolute Gasteiger partial charge is 0.313 e. The Hall–Kier alpha value is -1.11. The summed E-state index contributed by atoms with van der Waals surface area (Å²) in [5.41, 5.74) is -0.144.